The molecule has 0 spiro atoms. The molecule has 4 N–H and O–H groups in total. The fourth-order valence-corrected chi connectivity index (χ4v) is 9.10. The summed E-state index contributed by atoms with van der Waals surface area (Å²) in [6, 6.07) is 0. The molecule has 0 aromatic heterocycles. The smallest absolute Gasteiger partial charge is 0.0602 e. The van der Waals surface area contributed by atoms with Crippen molar-refractivity contribution in [3.05, 3.63) is 0 Å². The van der Waals surface area contributed by atoms with E-state index in [0.29, 0.717) is 29.6 Å². The first-order valence-corrected chi connectivity index (χ1v) is 13.2. The first-order chi connectivity index (χ1) is 14.5. The third-order valence-electron chi connectivity index (χ3n) is 11.1. The summed E-state index contributed by atoms with van der Waals surface area (Å²) in [4.78, 5) is 0. The van der Waals surface area contributed by atoms with E-state index in [-0.39, 0.29) is 47.1 Å². The Bertz CT molecular complexity index is 637. The van der Waals surface area contributed by atoms with Crippen LogP contribution < -0.4 is 0 Å². The molecule has 0 saturated heterocycles. The van der Waals surface area contributed by atoms with Gasteiger partial charge in [0.2, 0.25) is 0 Å². The van der Waals surface area contributed by atoms with Crippen LogP contribution in [0.4, 0.5) is 0 Å². The van der Waals surface area contributed by atoms with Gasteiger partial charge in [0.1, 0.15) is 0 Å². The second-order valence-electron chi connectivity index (χ2n) is 12.9. The van der Waals surface area contributed by atoms with E-state index in [1.807, 2.05) is 0 Å². The fourth-order valence-electron chi connectivity index (χ4n) is 9.10. The van der Waals surface area contributed by atoms with E-state index in [0.717, 1.165) is 57.8 Å². The normalized spacial score (nSPS) is 51.7. The van der Waals surface area contributed by atoms with Crippen LogP contribution in [0.1, 0.15) is 92.4 Å². The van der Waals surface area contributed by atoms with Gasteiger partial charge in [0.15, 0.2) is 0 Å². The minimum atomic E-state index is -0.374. The topological polar surface area (TPSA) is 80.9 Å². The van der Waals surface area contributed by atoms with Crippen LogP contribution in [0.25, 0.3) is 0 Å². The molecule has 4 saturated carbocycles. The Hall–Kier alpha value is -0.160. The molecule has 0 aliphatic heterocycles. The summed E-state index contributed by atoms with van der Waals surface area (Å²) in [5, 5.41) is 44.2. The van der Waals surface area contributed by atoms with Crippen molar-refractivity contribution in [1.29, 1.82) is 0 Å². The highest BCUT2D eigenvalue weighted by Gasteiger charge is 2.66. The van der Waals surface area contributed by atoms with Crippen molar-refractivity contribution in [2.75, 3.05) is 0 Å². The van der Waals surface area contributed by atoms with Gasteiger partial charge in [0.05, 0.1) is 24.4 Å². The van der Waals surface area contributed by atoms with E-state index in [9.17, 15) is 20.4 Å². The average Bonchev–Trinajstić information content (AvgIpc) is 3.06. The monoisotopic (exact) mass is 436 g/mol. The Morgan fingerprint density at radius 1 is 0.871 bits per heavy atom. The highest BCUT2D eigenvalue weighted by Crippen LogP contribution is 2.68. The number of rotatable bonds is 5. The van der Waals surface area contributed by atoms with E-state index in [4.69, 9.17) is 0 Å². The average molecular weight is 437 g/mol. The van der Waals surface area contributed by atoms with Crippen LogP contribution in [0.3, 0.4) is 0 Å². The largest absolute Gasteiger partial charge is 0.393 e. The standard InChI is InChI=1S/C27H48O4/c1-15(2)6-9-22(29)16(3)19-7-8-20-25-21(14-24(31)27(19,20)5)26(4)11-10-18(28)12-17(26)13-23(25)30/h15-25,28-31H,6-14H2,1-5H3/t16-,17-,18+,19+,20-,21-,22?,23+,24-,25-,26-,27+/m0/s1. The van der Waals surface area contributed by atoms with Gasteiger partial charge in [-0.2, -0.15) is 0 Å². The third-order valence-corrected chi connectivity index (χ3v) is 11.1. The van der Waals surface area contributed by atoms with E-state index in [1.165, 1.54) is 0 Å². The first kappa shape index (κ1) is 24.0. The van der Waals surface area contributed by atoms with Gasteiger partial charge in [-0.05, 0) is 110 Å². The minimum absolute atomic E-state index is 0.117. The Morgan fingerprint density at radius 3 is 2.26 bits per heavy atom. The fraction of sp³-hybridized carbons (Fsp3) is 1.00. The molecule has 4 fully saturated rings. The molecule has 12 atom stereocenters. The highest BCUT2D eigenvalue weighted by molar-refractivity contribution is 5.14. The molecule has 1 unspecified atom stereocenters. The van der Waals surface area contributed by atoms with Crippen molar-refractivity contribution in [2.24, 2.45) is 52.3 Å². The van der Waals surface area contributed by atoms with Crippen LogP contribution in [0.5, 0.6) is 0 Å². The zero-order valence-electron chi connectivity index (χ0n) is 20.5. The molecule has 4 aliphatic rings. The lowest BCUT2D eigenvalue weighted by Crippen LogP contribution is -2.62. The lowest BCUT2D eigenvalue weighted by atomic mass is 9.43. The zero-order valence-corrected chi connectivity index (χ0v) is 20.5. The number of aliphatic hydroxyl groups excluding tert-OH is 4. The molecule has 180 valence electrons. The zero-order chi connectivity index (χ0) is 22.7. The summed E-state index contributed by atoms with van der Waals surface area (Å²) in [5.41, 5.74) is -0.107. The van der Waals surface area contributed by atoms with Crippen molar-refractivity contribution in [3.63, 3.8) is 0 Å². The van der Waals surface area contributed by atoms with Crippen LogP contribution in [0.15, 0.2) is 0 Å². The van der Waals surface area contributed by atoms with E-state index in [1.54, 1.807) is 0 Å². The summed E-state index contributed by atoms with van der Waals surface area (Å²) in [7, 11) is 0. The van der Waals surface area contributed by atoms with Crippen LogP contribution in [0.2, 0.25) is 0 Å². The van der Waals surface area contributed by atoms with Gasteiger partial charge in [-0.15, -0.1) is 0 Å². The molecular weight excluding hydrogens is 388 g/mol. The Morgan fingerprint density at radius 2 is 1.58 bits per heavy atom. The molecule has 4 heteroatoms. The van der Waals surface area contributed by atoms with Gasteiger partial charge in [-0.3, -0.25) is 0 Å². The molecule has 4 rings (SSSR count). The number of aliphatic hydroxyl groups is 4. The number of hydrogen-bond acceptors (Lipinski definition) is 4. The second-order valence-corrected chi connectivity index (χ2v) is 12.9. The molecule has 0 amide bonds. The maximum absolute atomic E-state index is 11.6. The Balaban J connectivity index is 1.58. The van der Waals surface area contributed by atoms with Crippen molar-refractivity contribution in [3.8, 4) is 0 Å². The molecule has 4 aliphatic carbocycles. The van der Waals surface area contributed by atoms with Crippen molar-refractivity contribution in [1.82, 2.24) is 0 Å². The van der Waals surface area contributed by atoms with E-state index >= 15 is 0 Å². The van der Waals surface area contributed by atoms with Crippen LogP contribution in [0, 0.1) is 52.3 Å². The van der Waals surface area contributed by atoms with Gasteiger partial charge in [0, 0.05) is 0 Å². The molecule has 0 aromatic rings. The van der Waals surface area contributed by atoms with Gasteiger partial charge in [-0.1, -0.05) is 34.6 Å². The highest BCUT2D eigenvalue weighted by atomic mass is 16.3. The molecular formula is C27H48O4. The molecule has 0 bridgehead atoms. The molecule has 0 heterocycles. The van der Waals surface area contributed by atoms with Crippen LogP contribution in [-0.4, -0.2) is 44.8 Å². The number of hydrogen-bond donors (Lipinski definition) is 4. The maximum Gasteiger partial charge on any atom is 0.0602 e. The molecule has 4 nitrogen and oxygen atoms in total. The van der Waals surface area contributed by atoms with Gasteiger partial charge in [0.25, 0.3) is 0 Å². The van der Waals surface area contributed by atoms with Crippen molar-refractivity contribution < 1.29 is 20.4 Å². The van der Waals surface area contributed by atoms with Crippen LogP contribution >= 0.6 is 0 Å². The number of fused-ring (bicyclic) bond motifs is 5. The summed E-state index contributed by atoms with van der Waals surface area (Å²) < 4.78 is 0. The molecule has 0 aromatic carbocycles. The minimum Gasteiger partial charge on any atom is -0.393 e. The first-order valence-electron chi connectivity index (χ1n) is 13.2. The van der Waals surface area contributed by atoms with Crippen LogP contribution in [-0.2, 0) is 0 Å². The summed E-state index contributed by atoms with van der Waals surface area (Å²) in [6.07, 6.45) is 6.96. The maximum atomic E-state index is 11.6. The predicted octanol–water partition coefficient (Wildman–Crippen LogP) is 4.38. The Kier molecular flexibility index (Phi) is 6.62. The summed E-state index contributed by atoms with van der Waals surface area (Å²) >= 11 is 0. The lowest BCUT2D eigenvalue weighted by Gasteiger charge is -2.63. The van der Waals surface area contributed by atoms with Gasteiger partial charge < -0.3 is 20.4 Å². The predicted molar refractivity (Wildman–Crippen MR) is 123 cm³/mol. The lowest BCUT2D eigenvalue weighted by molar-refractivity contribution is -0.208. The van der Waals surface area contributed by atoms with E-state index < -0.39 is 0 Å². The third kappa shape index (κ3) is 3.82. The van der Waals surface area contributed by atoms with Crippen molar-refractivity contribution >= 4 is 0 Å². The van der Waals surface area contributed by atoms with Gasteiger partial charge >= 0.3 is 0 Å². The van der Waals surface area contributed by atoms with Crippen molar-refractivity contribution in [2.45, 2.75) is 117 Å². The van der Waals surface area contributed by atoms with Gasteiger partial charge in [-0.25, -0.2) is 0 Å². The Labute approximate surface area is 189 Å². The van der Waals surface area contributed by atoms with E-state index in [2.05, 4.69) is 34.6 Å². The molecule has 31 heavy (non-hydrogen) atoms. The molecule has 0 radical (unpaired) electrons. The summed E-state index contributed by atoms with van der Waals surface area (Å²) in [5.74, 6) is 2.34. The second kappa shape index (κ2) is 8.56. The quantitative estimate of drug-likeness (QED) is 0.515. The SMILES string of the molecule is CC(C)CCC(O)[C@@H](C)[C@H]1CC[C@H]2[C@@H]3[C@H](O)C[C@@H]4C[C@H](O)CC[C@]4(C)[C@H]3C[C@H](O)[C@]12C. The summed E-state index contributed by atoms with van der Waals surface area (Å²) in [6.45, 7) is 11.3.